The van der Waals surface area contributed by atoms with Crippen LogP contribution in [0.2, 0.25) is 0 Å². The summed E-state index contributed by atoms with van der Waals surface area (Å²) in [6.07, 6.45) is 2.15. The lowest BCUT2D eigenvalue weighted by atomic mass is 9.73. The van der Waals surface area contributed by atoms with Crippen molar-refractivity contribution in [2.75, 3.05) is 6.54 Å². The number of halogens is 1. The molecule has 1 unspecified atom stereocenters. The Morgan fingerprint density at radius 3 is 2.00 bits per heavy atom. The molecule has 0 amide bonds. The number of nitrogens with two attached hydrogens (primary N) is 1. The van der Waals surface area contributed by atoms with Crippen molar-refractivity contribution in [3.8, 4) is 0 Å². The molecule has 0 aliphatic heterocycles. The first-order valence-corrected chi connectivity index (χ1v) is 6.33. The van der Waals surface area contributed by atoms with Crippen molar-refractivity contribution in [3.63, 3.8) is 0 Å². The fraction of sp³-hybridized carbons (Fsp3) is 0.600. The Kier molecular flexibility index (Phi) is 4.31. The van der Waals surface area contributed by atoms with Gasteiger partial charge in [-0.1, -0.05) is 58.4 Å². The average Bonchev–Trinajstić information content (AvgIpc) is 2.28. The highest BCUT2D eigenvalue weighted by atomic mass is 19.1. The Labute approximate surface area is 104 Å². The van der Waals surface area contributed by atoms with Crippen molar-refractivity contribution in [1.29, 1.82) is 0 Å². The van der Waals surface area contributed by atoms with Gasteiger partial charge in [-0.3, -0.25) is 0 Å². The van der Waals surface area contributed by atoms with E-state index in [9.17, 15) is 4.39 Å². The van der Waals surface area contributed by atoms with Gasteiger partial charge in [0.1, 0.15) is 0 Å². The monoisotopic (exact) mass is 237 g/mol. The Balaban J connectivity index is 3.05. The first-order valence-electron chi connectivity index (χ1n) is 6.33. The maximum Gasteiger partial charge on any atom is 0.152 e. The molecule has 1 nitrogen and oxygen atoms in total. The van der Waals surface area contributed by atoms with Crippen LogP contribution in [-0.2, 0) is 12.1 Å². The van der Waals surface area contributed by atoms with Gasteiger partial charge in [0.15, 0.2) is 5.67 Å². The Hall–Kier alpha value is -0.890. The van der Waals surface area contributed by atoms with Crippen LogP contribution in [0.3, 0.4) is 0 Å². The molecule has 2 heteroatoms. The zero-order valence-electron chi connectivity index (χ0n) is 11.4. The molecule has 2 N–H and O–H groups in total. The second-order valence-corrected chi connectivity index (χ2v) is 5.70. The molecule has 0 spiro atoms. The van der Waals surface area contributed by atoms with Crippen molar-refractivity contribution in [2.24, 2.45) is 11.1 Å². The van der Waals surface area contributed by atoms with E-state index in [0.29, 0.717) is 5.56 Å². The maximum atomic E-state index is 15.0. The van der Waals surface area contributed by atoms with E-state index in [1.54, 1.807) is 0 Å². The van der Waals surface area contributed by atoms with Crippen LogP contribution in [0, 0.1) is 5.41 Å². The summed E-state index contributed by atoms with van der Waals surface area (Å²) in [5.41, 5.74) is 5.64. The average molecular weight is 237 g/mol. The summed E-state index contributed by atoms with van der Waals surface area (Å²) in [4.78, 5) is 0. The zero-order chi connectivity index (χ0) is 13.1. The van der Waals surface area contributed by atoms with E-state index in [1.165, 1.54) is 5.56 Å². The fourth-order valence-corrected chi connectivity index (χ4v) is 2.08. The van der Waals surface area contributed by atoms with E-state index in [4.69, 9.17) is 5.73 Å². The van der Waals surface area contributed by atoms with Gasteiger partial charge in [0.05, 0.1) is 0 Å². The quantitative estimate of drug-likeness (QED) is 0.846. The maximum absolute atomic E-state index is 15.0. The third-order valence-corrected chi connectivity index (χ3v) is 3.42. The predicted octanol–water partition coefficient (Wildman–Crippen LogP) is 3.81. The summed E-state index contributed by atoms with van der Waals surface area (Å²) in [6, 6.07) is 7.77. The minimum Gasteiger partial charge on any atom is -0.327 e. The third kappa shape index (κ3) is 2.86. The summed E-state index contributed by atoms with van der Waals surface area (Å²) in [5.74, 6) is 0. The van der Waals surface area contributed by atoms with Crippen LogP contribution in [-0.4, -0.2) is 6.54 Å². The number of aryl methyl sites for hydroxylation is 1. The van der Waals surface area contributed by atoms with E-state index in [2.05, 4.69) is 6.92 Å². The van der Waals surface area contributed by atoms with Crippen LogP contribution in [0.5, 0.6) is 0 Å². The molecule has 0 radical (unpaired) electrons. The van der Waals surface area contributed by atoms with Crippen LogP contribution < -0.4 is 5.73 Å². The van der Waals surface area contributed by atoms with Gasteiger partial charge in [-0.05, 0) is 17.5 Å². The lowest BCUT2D eigenvalue weighted by Gasteiger charge is -2.37. The van der Waals surface area contributed by atoms with Crippen LogP contribution in [0.25, 0.3) is 0 Å². The van der Waals surface area contributed by atoms with Crippen molar-refractivity contribution in [3.05, 3.63) is 35.4 Å². The molecular weight excluding hydrogens is 213 g/mol. The highest BCUT2D eigenvalue weighted by Gasteiger charge is 2.42. The summed E-state index contributed by atoms with van der Waals surface area (Å²) >= 11 is 0. The summed E-state index contributed by atoms with van der Waals surface area (Å²) < 4.78 is 15.0. The molecule has 0 bridgehead atoms. The van der Waals surface area contributed by atoms with Gasteiger partial charge in [-0.15, -0.1) is 0 Å². The second-order valence-electron chi connectivity index (χ2n) is 5.70. The molecule has 17 heavy (non-hydrogen) atoms. The lowest BCUT2D eigenvalue weighted by molar-refractivity contribution is 0.0343. The molecule has 0 aliphatic carbocycles. The van der Waals surface area contributed by atoms with Crippen LogP contribution in [0.4, 0.5) is 4.39 Å². The minimum atomic E-state index is -1.46. The van der Waals surface area contributed by atoms with Crippen molar-refractivity contribution in [1.82, 2.24) is 0 Å². The molecule has 1 rings (SSSR count). The highest BCUT2D eigenvalue weighted by molar-refractivity contribution is 5.29. The molecule has 1 aromatic carbocycles. The highest BCUT2D eigenvalue weighted by Crippen LogP contribution is 2.42. The first-order chi connectivity index (χ1) is 7.85. The molecule has 0 aliphatic rings. The van der Waals surface area contributed by atoms with Gasteiger partial charge >= 0.3 is 0 Å². The number of benzene rings is 1. The molecule has 0 saturated carbocycles. The van der Waals surface area contributed by atoms with Crippen molar-refractivity contribution < 1.29 is 4.39 Å². The Morgan fingerprint density at radius 1 is 1.12 bits per heavy atom. The van der Waals surface area contributed by atoms with E-state index in [0.717, 1.165) is 12.8 Å². The second kappa shape index (κ2) is 5.18. The number of rotatable bonds is 4. The van der Waals surface area contributed by atoms with E-state index in [-0.39, 0.29) is 6.54 Å². The van der Waals surface area contributed by atoms with Gasteiger partial charge in [-0.2, -0.15) is 0 Å². The number of hydrogen-bond acceptors (Lipinski definition) is 1. The predicted molar refractivity (Wildman–Crippen MR) is 71.7 cm³/mol. The molecule has 1 atom stereocenters. The van der Waals surface area contributed by atoms with Gasteiger partial charge < -0.3 is 5.73 Å². The van der Waals surface area contributed by atoms with Gasteiger partial charge in [0, 0.05) is 12.0 Å². The summed E-state index contributed by atoms with van der Waals surface area (Å²) in [7, 11) is 0. The van der Waals surface area contributed by atoms with Gasteiger partial charge in [0.25, 0.3) is 0 Å². The molecule has 0 saturated heterocycles. The molecule has 0 heterocycles. The Morgan fingerprint density at radius 2 is 1.65 bits per heavy atom. The SMILES string of the molecule is CCCc1ccc(C(F)(CN)C(C)(C)C)cc1. The van der Waals surface area contributed by atoms with Crippen molar-refractivity contribution in [2.45, 2.75) is 46.2 Å². The smallest absolute Gasteiger partial charge is 0.152 e. The molecular formula is C15H24FN. The largest absolute Gasteiger partial charge is 0.327 e. The Bertz CT molecular complexity index is 350. The van der Waals surface area contributed by atoms with E-state index in [1.807, 2.05) is 45.0 Å². The molecule has 1 aromatic rings. The normalized spacial score (nSPS) is 15.6. The standard InChI is InChI=1S/C15H24FN/c1-5-6-12-7-9-13(10-8-12)15(16,11-17)14(2,3)4/h7-10H,5-6,11,17H2,1-4H3. The van der Waals surface area contributed by atoms with Crippen molar-refractivity contribution >= 4 is 0 Å². The van der Waals surface area contributed by atoms with Gasteiger partial charge in [0.2, 0.25) is 0 Å². The van der Waals surface area contributed by atoms with E-state index >= 15 is 0 Å². The van der Waals surface area contributed by atoms with E-state index < -0.39 is 11.1 Å². The van der Waals surface area contributed by atoms with Gasteiger partial charge in [-0.25, -0.2) is 4.39 Å². The number of alkyl halides is 1. The topological polar surface area (TPSA) is 26.0 Å². The summed E-state index contributed by atoms with van der Waals surface area (Å²) in [5, 5.41) is 0. The number of hydrogen-bond donors (Lipinski definition) is 1. The summed E-state index contributed by atoms with van der Waals surface area (Å²) in [6.45, 7) is 7.82. The first kappa shape index (κ1) is 14.2. The molecule has 0 aromatic heterocycles. The van der Waals surface area contributed by atoms with Crippen LogP contribution >= 0.6 is 0 Å². The lowest BCUT2D eigenvalue weighted by Crippen LogP contribution is -2.42. The minimum absolute atomic E-state index is 0.0175. The zero-order valence-corrected chi connectivity index (χ0v) is 11.4. The van der Waals surface area contributed by atoms with Crippen LogP contribution in [0.15, 0.2) is 24.3 Å². The third-order valence-electron chi connectivity index (χ3n) is 3.42. The fourth-order valence-electron chi connectivity index (χ4n) is 2.08. The molecule has 0 fully saturated rings. The molecule has 96 valence electrons. The van der Waals surface area contributed by atoms with Crippen LogP contribution in [0.1, 0.15) is 45.2 Å².